The van der Waals surface area contributed by atoms with Crippen LogP contribution in [0.5, 0.6) is 0 Å². The highest BCUT2D eigenvalue weighted by atomic mass is 32.1. The molecule has 0 bridgehead atoms. The van der Waals surface area contributed by atoms with E-state index in [-0.39, 0.29) is 11.7 Å². The summed E-state index contributed by atoms with van der Waals surface area (Å²) in [7, 11) is 0. The van der Waals surface area contributed by atoms with Gasteiger partial charge in [0.1, 0.15) is 5.82 Å². The van der Waals surface area contributed by atoms with Crippen LogP contribution >= 0.6 is 11.3 Å². The van der Waals surface area contributed by atoms with Gasteiger partial charge in [0.2, 0.25) is 5.91 Å². The van der Waals surface area contributed by atoms with Crippen molar-refractivity contribution in [2.45, 2.75) is 26.3 Å². The lowest BCUT2D eigenvalue weighted by atomic mass is 10.1. The Morgan fingerprint density at radius 3 is 2.75 bits per heavy atom. The average Bonchev–Trinajstić information content (AvgIpc) is 3.27. The van der Waals surface area contributed by atoms with Crippen molar-refractivity contribution in [3.8, 4) is 11.3 Å². The van der Waals surface area contributed by atoms with Crippen LogP contribution in [-0.4, -0.2) is 15.3 Å². The van der Waals surface area contributed by atoms with E-state index in [1.165, 1.54) is 23.0 Å². The van der Waals surface area contributed by atoms with E-state index in [0.717, 1.165) is 16.2 Å². The lowest BCUT2D eigenvalue weighted by molar-refractivity contribution is -0.121. The van der Waals surface area contributed by atoms with Crippen LogP contribution in [0.1, 0.15) is 23.2 Å². The molecule has 2 aromatic carbocycles. The minimum atomic E-state index is -0.287. The number of aryl methyl sites for hydroxylation is 2. The molecule has 6 heteroatoms. The van der Waals surface area contributed by atoms with Crippen LogP contribution in [0.4, 0.5) is 4.39 Å². The van der Waals surface area contributed by atoms with Gasteiger partial charge in [-0.25, -0.2) is 9.37 Å². The van der Waals surface area contributed by atoms with Crippen LogP contribution in [0, 0.1) is 12.7 Å². The van der Waals surface area contributed by atoms with E-state index in [0.29, 0.717) is 30.6 Å². The molecule has 0 saturated heterocycles. The van der Waals surface area contributed by atoms with Crippen LogP contribution < -0.4 is 5.32 Å². The molecule has 1 N–H and O–H groups in total. The third-order valence-corrected chi connectivity index (χ3v) is 5.54. The van der Waals surface area contributed by atoms with Crippen molar-refractivity contribution < 1.29 is 9.18 Å². The number of carbonyl (C=O) groups is 1. The molecule has 28 heavy (non-hydrogen) atoms. The van der Waals surface area contributed by atoms with E-state index in [1.54, 1.807) is 18.2 Å². The molecule has 0 aliphatic rings. The van der Waals surface area contributed by atoms with Gasteiger partial charge in [-0.1, -0.05) is 42.0 Å². The number of halogens is 1. The summed E-state index contributed by atoms with van der Waals surface area (Å²) >= 11 is 1.50. The fourth-order valence-corrected chi connectivity index (χ4v) is 3.95. The van der Waals surface area contributed by atoms with Crippen LogP contribution in [0.3, 0.4) is 0 Å². The molecule has 4 rings (SSSR count). The predicted octanol–water partition coefficient (Wildman–Crippen LogP) is 4.76. The van der Waals surface area contributed by atoms with Crippen LogP contribution in [0.15, 0.2) is 60.1 Å². The van der Waals surface area contributed by atoms with Crippen LogP contribution in [0.25, 0.3) is 16.2 Å². The maximum absolute atomic E-state index is 14.0. The van der Waals surface area contributed by atoms with Gasteiger partial charge in [0.05, 0.1) is 5.69 Å². The smallest absolute Gasteiger partial charge is 0.220 e. The highest BCUT2D eigenvalue weighted by molar-refractivity contribution is 7.15. The summed E-state index contributed by atoms with van der Waals surface area (Å²) < 4.78 is 16.0. The second-order valence-corrected chi connectivity index (χ2v) is 7.58. The van der Waals surface area contributed by atoms with Crippen molar-refractivity contribution in [2.75, 3.05) is 0 Å². The molecule has 0 radical (unpaired) electrons. The molecule has 0 fully saturated rings. The molecule has 0 unspecified atom stereocenters. The van der Waals surface area contributed by atoms with Crippen molar-refractivity contribution in [3.05, 3.63) is 82.7 Å². The molecule has 2 heterocycles. The number of hydrogen-bond donors (Lipinski definition) is 1. The van der Waals surface area contributed by atoms with E-state index in [2.05, 4.69) is 10.3 Å². The third-order valence-electron chi connectivity index (χ3n) is 4.65. The first-order valence-electron chi connectivity index (χ1n) is 9.13. The van der Waals surface area contributed by atoms with Gasteiger partial charge in [0.15, 0.2) is 4.96 Å². The number of imidazole rings is 1. The van der Waals surface area contributed by atoms with E-state index >= 15 is 0 Å². The Morgan fingerprint density at radius 1 is 1.18 bits per heavy atom. The molecule has 0 spiro atoms. The second-order valence-electron chi connectivity index (χ2n) is 6.75. The summed E-state index contributed by atoms with van der Waals surface area (Å²) in [5.41, 5.74) is 4.38. The van der Waals surface area contributed by atoms with Gasteiger partial charge < -0.3 is 5.32 Å². The summed E-state index contributed by atoms with van der Waals surface area (Å²) in [6, 6.07) is 14.7. The predicted molar refractivity (Wildman–Crippen MR) is 110 cm³/mol. The van der Waals surface area contributed by atoms with Crippen LogP contribution in [-0.2, 0) is 17.8 Å². The number of rotatable bonds is 6. The maximum Gasteiger partial charge on any atom is 0.220 e. The zero-order valence-electron chi connectivity index (χ0n) is 15.5. The Morgan fingerprint density at radius 2 is 1.96 bits per heavy atom. The number of nitrogens with zero attached hydrogens (tertiary/aromatic N) is 2. The summed E-state index contributed by atoms with van der Waals surface area (Å²) in [5, 5.41) is 4.96. The SMILES string of the molecule is Cc1ccc(CNC(=O)CCc2csc3nc(-c4ccccc4F)cn23)cc1. The van der Waals surface area contributed by atoms with E-state index < -0.39 is 0 Å². The molecule has 0 saturated carbocycles. The summed E-state index contributed by atoms with van der Waals surface area (Å²) in [6.07, 6.45) is 2.83. The quantitative estimate of drug-likeness (QED) is 0.513. The molecular weight excluding hydrogens is 373 g/mol. The minimum absolute atomic E-state index is 0.00867. The number of thiazole rings is 1. The normalized spacial score (nSPS) is 11.1. The Balaban J connectivity index is 1.40. The second kappa shape index (κ2) is 7.94. The molecule has 0 aliphatic carbocycles. The Hall–Kier alpha value is -2.99. The fraction of sp³-hybridized carbons (Fsp3) is 0.182. The first kappa shape index (κ1) is 18.4. The molecule has 1 amide bonds. The van der Waals surface area contributed by atoms with E-state index in [9.17, 15) is 9.18 Å². The van der Waals surface area contributed by atoms with Crippen molar-refractivity contribution in [1.82, 2.24) is 14.7 Å². The van der Waals surface area contributed by atoms with Crippen LogP contribution in [0.2, 0.25) is 0 Å². The summed E-state index contributed by atoms with van der Waals surface area (Å²) in [4.78, 5) is 17.5. The monoisotopic (exact) mass is 393 g/mol. The third kappa shape index (κ3) is 3.97. The van der Waals surface area contributed by atoms with Crippen molar-refractivity contribution in [3.63, 3.8) is 0 Å². The Kier molecular flexibility index (Phi) is 5.21. The Labute approximate surface area is 166 Å². The molecule has 142 valence electrons. The van der Waals surface area contributed by atoms with Gasteiger partial charge >= 0.3 is 0 Å². The van der Waals surface area contributed by atoms with Gasteiger partial charge in [0.25, 0.3) is 0 Å². The minimum Gasteiger partial charge on any atom is -0.352 e. The zero-order valence-corrected chi connectivity index (χ0v) is 16.3. The molecule has 0 atom stereocenters. The highest BCUT2D eigenvalue weighted by Crippen LogP contribution is 2.26. The number of hydrogen-bond acceptors (Lipinski definition) is 3. The van der Waals surface area contributed by atoms with Gasteiger partial charge in [-0.15, -0.1) is 11.3 Å². The van der Waals surface area contributed by atoms with Crippen molar-refractivity contribution in [2.24, 2.45) is 0 Å². The zero-order chi connectivity index (χ0) is 19.5. The molecule has 4 aromatic rings. The standard InChI is InChI=1S/C22H20FN3OS/c1-15-6-8-16(9-7-15)12-24-21(27)11-10-17-14-28-22-25-20(13-26(17)22)18-4-2-3-5-19(18)23/h2-9,13-14H,10-12H2,1H3,(H,24,27). The molecule has 4 nitrogen and oxygen atoms in total. The van der Waals surface area contributed by atoms with Gasteiger partial charge in [-0.3, -0.25) is 9.20 Å². The molecule has 2 aromatic heterocycles. The van der Waals surface area contributed by atoms with E-state index in [4.69, 9.17) is 0 Å². The molecule has 0 aliphatic heterocycles. The summed E-state index contributed by atoms with van der Waals surface area (Å²) in [6.45, 7) is 2.57. The van der Waals surface area contributed by atoms with Crippen molar-refractivity contribution >= 4 is 22.2 Å². The largest absolute Gasteiger partial charge is 0.352 e. The highest BCUT2D eigenvalue weighted by Gasteiger charge is 2.13. The number of aromatic nitrogens is 2. The number of nitrogens with one attached hydrogen (secondary N) is 1. The number of benzene rings is 2. The van der Waals surface area contributed by atoms with Gasteiger partial charge in [-0.05, 0) is 31.0 Å². The van der Waals surface area contributed by atoms with E-state index in [1.807, 2.05) is 47.2 Å². The first-order valence-corrected chi connectivity index (χ1v) is 10.0. The lowest BCUT2D eigenvalue weighted by Gasteiger charge is -2.05. The van der Waals surface area contributed by atoms with Gasteiger partial charge in [0, 0.05) is 35.8 Å². The van der Waals surface area contributed by atoms with Gasteiger partial charge in [-0.2, -0.15) is 0 Å². The number of amides is 1. The first-order chi connectivity index (χ1) is 13.6. The van der Waals surface area contributed by atoms with Crippen molar-refractivity contribution in [1.29, 1.82) is 0 Å². The Bertz CT molecular complexity index is 1110. The maximum atomic E-state index is 14.0. The molecular formula is C22H20FN3OS. The topological polar surface area (TPSA) is 46.4 Å². The fourth-order valence-electron chi connectivity index (χ4n) is 3.04. The average molecular weight is 393 g/mol. The summed E-state index contributed by atoms with van der Waals surface area (Å²) in [5.74, 6) is -0.278. The number of fused-ring (bicyclic) bond motifs is 1. The lowest BCUT2D eigenvalue weighted by Crippen LogP contribution is -2.23. The number of carbonyl (C=O) groups excluding carboxylic acids is 1.